The summed E-state index contributed by atoms with van der Waals surface area (Å²) in [5.74, 6) is -0.180. The van der Waals surface area contributed by atoms with Crippen molar-refractivity contribution < 1.29 is 9.59 Å². The van der Waals surface area contributed by atoms with Crippen LogP contribution in [0.5, 0.6) is 0 Å². The van der Waals surface area contributed by atoms with Crippen molar-refractivity contribution in [1.82, 2.24) is 9.80 Å². The van der Waals surface area contributed by atoms with Crippen LogP contribution in [0.15, 0.2) is 28.7 Å². The molecule has 1 aliphatic rings. The fourth-order valence-electron chi connectivity index (χ4n) is 2.35. The third kappa shape index (κ3) is 4.05. The normalized spacial score (nSPS) is 15.2. The van der Waals surface area contributed by atoms with E-state index < -0.39 is 0 Å². The van der Waals surface area contributed by atoms with Gasteiger partial charge in [0.15, 0.2) is 0 Å². The molecule has 2 amide bonds. The van der Waals surface area contributed by atoms with Gasteiger partial charge in [-0.15, -0.1) is 0 Å². The highest BCUT2D eigenvalue weighted by molar-refractivity contribution is 9.10. The minimum atomic E-state index is -0.158. The van der Waals surface area contributed by atoms with E-state index in [1.807, 2.05) is 18.2 Å². The molecule has 5 nitrogen and oxygen atoms in total. The summed E-state index contributed by atoms with van der Waals surface area (Å²) in [5, 5.41) is 8.59. The molecule has 1 fully saturated rings. The lowest BCUT2D eigenvalue weighted by Gasteiger charge is -2.21. The second kappa shape index (κ2) is 7.23. The van der Waals surface area contributed by atoms with Gasteiger partial charge in [0.2, 0.25) is 5.91 Å². The molecule has 0 aliphatic carbocycles. The van der Waals surface area contributed by atoms with E-state index >= 15 is 0 Å². The van der Waals surface area contributed by atoms with E-state index in [-0.39, 0.29) is 18.2 Å². The Hall–Kier alpha value is -1.87. The number of carbonyl (C=O) groups is 2. The van der Waals surface area contributed by atoms with Crippen molar-refractivity contribution in [3.05, 3.63) is 34.3 Å². The average molecular weight is 350 g/mol. The van der Waals surface area contributed by atoms with Gasteiger partial charge in [-0.25, -0.2) is 0 Å². The monoisotopic (exact) mass is 349 g/mol. The molecule has 0 unspecified atom stereocenters. The van der Waals surface area contributed by atoms with Crippen LogP contribution in [0.3, 0.4) is 0 Å². The minimum Gasteiger partial charge on any atom is -0.340 e. The van der Waals surface area contributed by atoms with Crippen molar-refractivity contribution in [2.45, 2.75) is 12.8 Å². The molecule has 1 heterocycles. The lowest BCUT2D eigenvalue weighted by atomic mass is 10.2. The molecule has 1 aliphatic heterocycles. The topological polar surface area (TPSA) is 64.4 Å². The van der Waals surface area contributed by atoms with E-state index in [9.17, 15) is 9.59 Å². The zero-order chi connectivity index (χ0) is 15.2. The molecule has 0 saturated carbocycles. The van der Waals surface area contributed by atoms with E-state index in [2.05, 4.69) is 15.9 Å². The lowest BCUT2D eigenvalue weighted by Crippen LogP contribution is -2.37. The number of halogens is 1. The average Bonchev–Trinajstić information content (AvgIpc) is 2.72. The quantitative estimate of drug-likeness (QED) is 0.820. The van der Waals surface area contributed by atoms with Gasteiger partial charge in [-0.3, -0.25) is 9.59 Å². The molecule has 1 aromatic rings. The van der Waals surface area contributed by atoms with Crippen molar-refractivity contribution in [3.8, 4) is 6.07 Å². The first-order valence-electron chi connectivity index (χ1n) is 6.81. The number of amides is 2. The molecule has 0 spiro atoms. The Bertz CT molecular complexity index is 583. The van der Waals surface area contributed by atoms with Crippen molar-refractivity contribution in [3.63, 3.8) is 0 Å². The summed E-state index contributed by atoms with van der Waals surface area (Å²) in [4.78, 5) is 27.6. The van der Waals surface area contributed by atoms with Crippen molar-refractivity contribution >= 4 is 27.7 Å². The standard InChI is InChI=1S/C15H16BrN3O2/c16-13-4-1-3-12(11-13)15(21)19-8-2-7-18(9-10-19)14(20)5-6-17/h1,3-4,11H,2,5,7-10H2. The summed E-state index contributed by atoms with van der Waals surface area (Å²) in [6.07, 6.45) is 0.635. The van der Waals surface area contributed by atoms with Gasteiger partial charge in [0.25, 0.3) is 5.91 Å². The van der Waals surface area contributed by atoms with Crippen LogP contribution in [-0.4, -0.2) is 47.8 Å². The number of carbonyl (C=O) groups excluding carboxylic acids is 2. The molecule has 110 valence electrons. The van der Waals surface area contributed by atoms with Crippen LogP contribution in [0.2, 0.25) is 0 Å². The molecule has 1 aromatic carbocycles. The molecule has 0 bridgehead atoms. The first kappa shape index (κ1) is 15.5. The fraction of sp³-hybridized carbons (Fsp3) is 0.400. The summed E-state index contributed by atoms with van der Waals surface area (Å²) < 4.78 is 0.869. The van der Waals surface area contributed by atoms with Gasteiger partial charge in [0, 0.05) is 36.2 Å². The van der Waals surface area contributed by atoms with Gasteiger partial charge in [-0.2, -0.15) is 5.26 Å². The number of nitrogens with zero attached hydrogens (tertiary/aromatic N) is 3. The molecular weight excluding hydrogens is 334 g/mol. The predicted octanol–water partition coefficient (Wildman–Crippen LogP) is 2.04. The number of nitriles is 1. The Morgan fingerprint density at radius 3 is 2.62 bits per heavy atom. The number of hydrogen-bond donors (Lipinski definition) is 0. The smallest absolute Gasteiger partial charge is 0.253 e. The van der Waals surface area contributed by atoms with Gasteiger partial charge in [-0.05, 0) is 24.6 Å². The Kier molecular flexibility index (Phi) is 5.34. The summed E-state index contributed by atoms with van der Waals surface area (Å²) in [5.41, 5.74) is 0.640. The highest BCUT2D eigenvalue weighted by Gasteiger charge is 2.22. The van der Waals surface area contributed by atoms with Crippen molar-refractivity contribution in [2.75, 3.05) is 26.2 Å². The highest BCUT2D eigenvalue weighted by Crippen LogP contribution is 2.15. The summed E-state index contributed by atoms with van der Waals surface area (Å²) >= 11 is 3.36. The maximum atomic E-state index is 12.5. The van der Waals surface area contributed by atoms with Crippen molar-refractivity contribution in [2.24, 2.45) is 0 Å². The maximum Gasteiger partial charge on any atom is 0.253 e. The van der Waals surface area contributed by atoms with Crippen LogP contribution in [-0.2, 0) is 4.79 Å². The number of rotatable bonds is 2. The largest absolute Gasteiger partial charge is 0.340 e. The fourth-order valence-corrected chi connectivity index (χ4v) is 2.75. The Morgan fingerprint density at radius 2 is 1.90 bits per heavy atom. The Labute approximate surface area is 132 Å². The molecule has 0 aromatic heterocycles. The van der Waals surface area contributed by atoms with Crippen LogP contribution in [0.25, 0.3) is 0 Å². The number of hydrogen-bond acceptors (Lipinski definition) is 3. The predicted molar refractivity (Wildman–Crippen MR) is 81.5 cm³/mol. The lowest BCUT2D eigenvalue weighted by molar-refractivity contribution is -0.129. The molecule has 0 N–H and O–H groups in total. The first-order valence-corrected chi connectivity index (χ1v) is 7.60. The van der Waals surface area contributed by atoms with Gasteiger partial charge < -0.3 is 9.80 Å². The van der Waals surface area contributed by atoms with E-state index in [1.165, 1.54) is 0 Å². The van der Waals surface area contributed by atoms with Gasteiger partial charge in [-0.1, -0.05) is 22.0 Å². The van der Waals surface area contributed by atoms with E-state index in [1.54, 1.807) is 21.9 Å². The molecule has 2 rings (SSSR count). The van der Waals surface area contributed by atoms with E-state index in [4.69, 9.17) is 5.26 Å². The second-order valence-corrected chi connectivity index (χ2v) is 5.79. The van der Waals surface area contributed by atoms with Crippen molar-refractivity contribution in [1.29, 1.82) is 5.26 Å². The zero-order valence-corrected chi connectivity index (χ0v) is 13.2. The van der Waals surface area contributed by atoms with Crippen LogP contribution in [0, 0.1) is 11.3 Å². The van der Waals surface area contributed by atoms with Crippen LogP contribution < -0.4 is 0 Å². The molecule has 0 radical (unpaired) electrons. The highest BCUT2D eigenvalue weighted by atomic mass is 79.9. The van der Waals surface area contributed by atoms with Crippen LogP contribution in [0.4, 0.5) is 0 Å². The Morgan fingerprint density at radius 1 is 1.19 bits per heavy atom. The SMILES string of the molecule is N#CCC(=O)N1CCCN(C(=O)c2cccc(Br)c2)CC1. The molecule has 0 atom stereocenters. The van der Waals surface area contributed by atoms with Crippen LogP contribution >= 0.6 is 15.9 Å². The minimum absolute atomic E-state index is 0.0223. The Balaban J connectivity index is 2.01. The van der Waals surface area contributed by atoms with Gasteiger partial charge >= 0.3 is 0 Å². The molecule has 1 saturated heterocycles. The zero-order valence-electron chi connectivity index (χ0n) is 11.6. The third-order valence-electron chi connectivity index (χ3n) is 3.44. The summed E-state index contributed by atoms with van der Waals surface area (Å²) in [7, 11) is 0. The summed E-state index contributed by atoms with van der Waals surface area (Å²) in [6.45, 7) is 2.22. The van der Waals surface area contributed by atoms with Crippen LogP contribution in [0.1, 0.15) is 23.2 Å². The first-order chi connectivity index (χ1) is 10.1. The van der Waals surface area contributed by atoms with E-state index in [0.717, 1.165) is 10.9 Å². The van der Waals surface area contributed by atoms with Gasteiger partial charge in [0.1, 0.15) is 6.42 Å². The molecule has 6 heteroatoms. The second-order valence-electron chi connectivity index (χ2n) is 4.87. The number of benzene rings is 1. The third-order valence-corrected chi connectivity index (χ3v) is 3.93. The summed E-state index contributed by atoms with van der Waals surface area (Å²) in [6, 6.07) is 9.17. The molecule has 21 heavy (non-hydrogen) atoms. The van der Waals surface area contributed by atoms with E-state index in [0.29, 0.717) is 31.7 Å². The van der Waals surface area contributed by atoms with Gasteiger partial charge in [0.05, 0.1) is 6.07 Å². The maximum absolute atomic E-state index is 12.5. The molecular formula is C15H16BrN3O2.